The summed E-state index contributed by atoms with van der Waals surface area (Å²) in [4.78, 5) is 17.1. The Morgan fingerprint density at radius 2 is 1.75 bits per heavy atom. The lowest BCUT2D eigenvalue weighted by Gasteiger charge is -2.39. The highest BCUT2D eigenvalue weighted by atomic mass is 79.9. The largest absolute Gasteiger partial charge is 0.322 e. The Labute approximate surface area is 153 Å². The molecule has 3 rings (SSSR count). The van der Waals surface area contributed by atoms with Gasteiger partial charge in [-0.15, -0.1) is 0 Å². The topological polar surface area (TPSA) is 35.6 Å². The van der Waals surface area contributed by atoms with E-state index in [0.29, 0.717) is 0 Å². The van der Waals surface area contributed by atoms with Crippen molar-refractivity contribution in [1.82, 2.24) is 9.80 Å². The highest BCUT2D eigenvalue weighted by Crippen LogP contribution is 2.24. The molecule has 1 aromatic carbocycles. The number of nitrogens with one attached hydrogen (secondary N) is 1. The molecule has 4 nitrogen and oxygen atoms in total. The maximum atomic E-state index is 12.5. The van der Waals surface area contributed by atoms with Gasteiger partial charge in [-0.25, -0.2) is 4.79 Å². The highest BCUT2D eigenvalue weighted by Gasteiger charge is 2.26. The third-order valence-electron chi connectivity index (χ3n) is 5.37. The molecule has 0 atom stereocenters. The third-order valence-corrected chi connectivity index (χ3v) is 5.87. The quantitative estimate of drug-likeness (QED) is 0.743. The molecule has 0 spiro atoms. The molecule has 0 radical (unpaired) electrons. The number of piperazine rings is 1. The van der Waals surface area contributed by atoms with Gasteiger partial charge in [-0.2, -0.15) is 0 Å². The Morgan fingerprint density at radius 3 is 2.38 bits per heavy atom. The number of halogens is 1. The van der Waals surface area contributed by atoms with Gasteiger partial charge in [0.2, 0.25) is 0 Å². The number of carbonyl (C=O) groups excluding carboxylic acids is 1. The zero-order valence-electron chi connectivity index (χ0n) is 14.6. The normalized spacial score (nSPS) is 20.7. The Bertz CT molecular complexity index is 562. The van der Waals surface area contributed by atoms with E-state index >= 15 is 0 Å². The molecular formula is C19H28BrN3O. The zero-order chi connectivity index (χ0) is 16.9. The van der Waals surface area contributed by atoms with Gasteiger partial charge in [-0.1, -0.05) is 41.6 Å². The molecule has 1 saturated heterocycles. The molecule has 5 heteroatoms. The average molecular weight is 394 g/mol. The molecule has 2 amide bonds. The number of carbonyl (C=O) groups is 1. The van der Waals surface area contributed by atoms with Gasteiger partial charge in [0.15, 0.2) is 0 Å². The van der Waals surface area contributed by atoms with Crippen LogP contribution in [0.1, 0.15) is 44.1 Å². The second-order valence-electron chi connectivity index (χ2n) is 7.06. The summed E-state index contributed by atoms with van der Waals surface area (Å²) in [5.41, 5.74) is 1.98. The molecule has 1 saturated carbocycles. The van der Waals surface area contributed by atoms with Crippen molar-refractivity contribution in [3.63, 3.8) is 0 Å². The van der Waals surface area contributed by atoms with E-state index in [1.54, 1.807) is 0 Å². The van der Waals surface area contributed by atoms with Crippen molar-refractivity contribution < 1.29 is 4.79 Å². The van der Waals surface area contributed by atoms with E-state index in [0.717, 1.165) is 47.9 Å². The lowest BCUT2D eigenvalue weighted by Crippen LogP contribution is -2.52. The van der Waals surface area contributed by atoms with Crippen LogP contribution in [0.25, 0.3) is 0 Å². The van der Waals surface area contributed by atoms with Crippen molar-refractivity contribution in [2.75, 3.05) is 31.5 Å². The van der Waals surface area contributed by atoms with Crippen molar-refractivity contribution in [3.05, 3.63) is 28.2 Å². The standard InChI is InChI=1S/C19H28BrN3O/c1-15-14-16(20)8-9-18(15)21-19(24)23-12-10-22(11-13-23)17-6-4-2-3-5-7-17/h8-9,14,17H,2-7,10-13H2,1H3,(H,21,24). The molecule has 0 unspecified atom stereocenters. The summed E-state index contributed by atoms with van der Waals surface area (Å²) in [5, 5.41) is 3.06. The Kier molecular flexibility index (Phi) is 6.17. The van der Waals surface area contributed by atoms with Gasteiger partial charge in [0.1, 0.15) is 0 Å². The average Bonchev–Trinajstić information content (AvgIpc) is 2.87. The first-order valence-electron chi connectivity index (χ1n) is 9.19. The molecule has 2 aliphatic rings. The van der Waals surface area contributed by atoms with E-state index in [4.69, 9.17) is 0 Å². The predicted molar refractivity (Wildman–Crippen MR) is 103 cm³/mol. The number of hydrogen-bond acceptors (Lipinski definition) is 2. The summed E-state index contributed by atoms with van der Waals surface area (Å²) < 4.78 is 1.04. The molecule has 1 aliphatic carbocycles. The number of aryl methyl sites for hydroxylation is 1. The Morgan fingerprint density at radius 1 is 1.08 bits per heavy atom. The summed E-state index contributed by atoms with van der Waals surface area (Å²) >= 11 is 3.46. The van der Waals surface area contributed by atoms with E-state index in [1.165, 1.54) is 38.5 Å². The van der Waals surface area contributed by atoms with Crippen LogP contribution >= 0.6 is 15.9 Å². The first-order valence-corrected chi connectivity index (χ1v) is 9.99. The summed E-state index contributed by atoms with van der Waals surface area (Å²) in [6.07, 6.45) is 8.20. The van der Waals surface area contributed by atoms with Crippen LogP contribution in [-0.4, -0.2) is 48.1 Å². The lowest BCUT2D eigenvalue weighted by molar-refractivity contribution is 0.105. The summed E-state index contributed by atoms with van der Waals surface area (Å²) in [7, 11) is 0. The minimum Gasteiger partial charge on any atom is -0.322 e. The number of hydrogen-bond donors (Lipinski definition) is 1. The molecule has 1 aliphatic heterocycles. The maximum absolute atomic E-state index is 12.5. The van der Waals surface area contributed by atoms with Gasteiger partial charge in [-0.3, -0.25) is 4.90 Å². The summed E-state index contributed by atoms with van der Waals surface area (Å²) in [5.74, 6) is 0. The number of anilines is 1. The van der Waals surface area contributed by atoms with Crippen LogP contribution in [0, 0.1) is 6.92 Å². The molecule has 132 valence electrons. The van der Waals surface area contributed by atoms with Crippen LogP contribution in [0.3, 0.4) is 0 Å². The number of nitrogens with zero attached hydrogens (tertiary/aromatic N) is 2. The van der Waals surface area contributed by atoms with Gasteiger partial charge < -0.3 is 10.2 Å². The smallest absolute Gasteiger partial charge is 0.321 e. The van der Waals surface area contributed by atoms with Gasteiger partial charge in [-0.05, 0) is 43.5 Å². The van der Waals surface area contributed by atoms with Gasteiger partial charge in [0, 0.05) is 42.4 Å². The molecule has 1 N–H and O–H groups in total. The highest BCUT2D eigenvalue weighted by molar-refractivity contribution is 9.10. The lowest BCUT2D eigenvalue weighted by atomic mass is 10.1. The minimum absolute atomic E-state index is 0.0286. The fraction of sp³-hybridized carbons (Fsp3) is 0.632. The molecule has 2 fully saturated rings. The van der Waals surface area contributed by atoms with E-state index < -0.39 is 0 Å². The van der Waals surface area contributed by atoms with E-state index in [2.05, 4.69) is 26.1 Å². The third kappa shape index (κ3) is 4.51. The van der Waals surface area contributed by atoms with Gasteiger partial charge in [0.25, 0.3) is 0 Å². The van der Waals surface area contributed by atoms with Crippen LogP contribution in [-0.2, 0) is 0 Å². The molecule has 1 aromatic rings. The SMILES string of the molecule is Cc1cc(Br)ccc1NC(=O)N1CCN(C2CCCCCC2)CC1. The van der Waals surface area contributed by atoms with Crippen LogP contribution < -0.4 is 5.32 Å². The number of urea groups is 1. The van der Waals surface area contributed by atoms with E-state index in [9.17, 15) is 4.79 Å². The molecule has 0 bridgehead atoms. The summed E-state index contributed by atoms with van der Waals surface area (Å²) in [6, 6.07) is 6.72. The van der Waals surface area contributed by atoms with Crippen LogP contribution in [0.2, 0.25) is 0 Å². The predicted octanol–water partition coefficient (Wildman–Crippen LogP) is 4.63. The second-order valence-corrected chi connectivity index (χ2v) is 7.97. The second kappa shape index (κ2) is 8.34. The van der Waals surface area contributed by atoms with Gasteiger partial charge >= 0.3 is 6.03 Å². The van der Waals surface area contributed by atoms with Crippen molar-refractivity contribution >= 4 is 27.6 Å². The number of benzene rings is 1. The van der Waals surface area contributed by atoms with Crippen molar-refractivity contribution in [2.24, 2.45) is 0 Å². The maximum Gasteiger partial charge on any atom is 0.321 e. The number of amides is 2. The molecule has 24 heavy (non-hydrogen) atoms. The van der Waals surface area contributed by atoms with Gasteiger partial charge in [0.05, 0.1) is 0 Å². The fourth-order valence-corrected chi connectivity index (χ4v) is 4.35. The van der Waals surface area contributed by atoms with Crippen molar-refractivity contribution in [3.8, 4) is 0 Å². The van der Waals surface area contributed by atoms with Crippen molar-refractivity contribution in [1.29, 1.82) is 0 Å². The molecular weight excluding hydrogens is 366 g/mol. The summed E-state index contributed by atoms with van der Waals surface area (Å²) in [6.45, 7) is 5.70. The monoisotopic (exact) mass is 393 g/mol. The van der Waals surface area contributed by atoms with Crippen molar-refractivity contribution in [2.45, 2.75) is 51.5 Å². The van der Waals surface area contributed by atoms with Crippen LogP contribution in [0.4, 0.5) is 10.5 Å². The Hall–Kier alpha value is -1.07. The first kappa shape index (κ1) is 17.7. The fourth-order valence-electron chi connectivity index (χ4n) is 3.87. The van der Waals surface area contributed by atoms with E-state index in [-0.39, 0.29) is 6.03 Å². The number of rotatable bonds is 2. The molecule has 0 aromatic heterocycles. The van der Waals surface area contributed by atoms with E-state index in [1.807, 2.05) is 30.0 Å². The first-order chi connectivity index (χ1) is 11.6. The van der Waals surface area contributed by atoms with Crippen LogP contribution in [0.15, 0.2) is 22.7 Å². The Balaban J connectivity index is 1.51. The molecule has 1 heterocycles. The zero-order valence-corrected chi connectivity index (χ0v) is 16.1. The minimum atomic E-state index is 0.0286. The van der Waals surface area contributed by atoms with Crippen LogP contribution in [0.5, 0.6) is 0 Å².